The lowest BCUT2D eigenvalue weighted by molar-refractivity contribution is 0.0983. The van der Waals surface area contributed by atoms with Gasteiger partial charge < -0.3 is 4.90 Å². The van der Waals surface area contributed by atoms with Gasteiger partial charge in [0.1, 0.15) is 0 Å². The Morgan fingerprint density at radius 3 is 2.32 bits per heavy atom. The van der Waals surface area contributed by atoms with Crippen molar-refractivity contribution in [3.8, 4) is 0 Å². The number of carbonyl (C=O) groups is 1. The molecule has 0 saturated heterocycles. The molecule has 0 aliphatic carbocycles. The Labute approximate surface area is 200 Å². The van der Waals surface area contributed by atoms with E-state index in [1.165, 1.54) is 16.0 Å². The lowest BCUT2D eigenvalue weighted by Crippen LogP contribution is -2.38. The molecule has 4 nitrogen and oxygen atoms in total. The number of likely N-dealkylation sites (N-methyl/N-ethyl adjacent to an activating group) is 1. The molecule has 0 fully saturated rings. The molecule has 0 aliphatic rings. The van der Waals surface area contributed by atoms with Gasteiger partial charge in [-0.25, -0.2) is 4.98 Å². The van der Waals surface area contributed by atoms with E-state index in [0.29, 0.717) is 12.1 Å². The van der Waals surface area contributed by atoms with Crippen LogP contribution in [0.5, 0.6) is 0 Å². The highest BCUT2D eigenvalue weighted by molar-refractivity contribution is 7.99. The van der Waals surface area contributed by atoms with Crippen molar-refractivity contribution in [2.45, 2.75) is 39.5 Å². The summed E-state index contributed by atoms with van der Waals surface area (Å²) in [6, 6.07) is 12.2. The predicted molar refractivity (Wildman–Crippen MR) is 139 cm³/mol. The summed E-state index contributed by atoms with van der Waals surface area (Å²) in [7, 11) is 0. The molecule has 31 heavy (non-hydrogen) atoms. The van der Waals surface area contributed by atoms with E-state index in [1.807, 2.05) is 29.2 Å². The van der Waals surface area contributed by atoms with Crippen molar-refractivity contribution in [1.29, 1.82) is 0 Å². The van der Waals surface area contributed by atoms with E-state index in [-0.39, 0.29) is 18.3 Å². The van der Waals surface area contributed by atoms with Crippen LogP contribution in [0.3, 0.4) is 0 Å². The highest BCUT2D eigenvalue weighted by Gasteiger charge is 2.22. The second-order valence-corrected chi connectivity index (χ2v) is 9.68. The van der Waals surface area contributed by atoms with Gasteiger partial charge in [-0.3, -0.25) is 9.69 Å². The summed E-state index contributed by atoms with van der Waals surface area (Å²) in [4.78, 5) is 23.7. The Kier molecular flexibility index (Phi) is 9.82. The lowest BCUT2D eigenvalue weighted by Gasteiger charge is -2.24. The van der Waals surface area contributed by atoms with Gasteiger partial charge in [0.05, 0.1) is 10.2 Å². The monoisotopic (exact) mass is 477 g/mol. The summed E-state index contributed by atoms with van der Waals surface area (Å²) in [6.45, 7) is 14.1. The molecule has 0 bridgehead atoms. The van der Waals surface area contributed by atoms with Crippen LogP contribution < -0.4 is 4.90 Å². The Morgan fingerprint density at radius 2 is 1.71 bits per heavy atom. The number of thiazole rings is 1. The molecule has 0 unspecified atom stereocenters. The van der Waals surface area contributed by atoms with Crippen LogP contribution in [0, 0.1) is 13.8 Å². The van der Waals surface area contributed by atoms with Crippen LogP contribution in [-0.4, -0.2) is 47.7 Å². The minimum absolute atomic E-state index is 0. The first-order chi connectivity index (χ1) is 14.5. The molecule has 0 saturated carbocycles. The summed E-state index contributed by atoms with van der Waals surface area (Å²) in [5.41, 5.74) is 4.10. The van der Waals surface area contributed by atoms with E-state index in [4.69, 9.17) is 4.98 Å². The van der Waals surface area contributed by atoms with Gasteiger partial charge in [0.15, 0.2) is 5.13 Å². The number of benzene rings is 2. The number of carbonyl (C=O) groups excluding carboxylic acids is 1. The summed E-state index contributed by atoms with van der Waals surface area (Å²) >= 11 is 3.40. The van der Waals surface area contributed by atoms with Crippen LogP contribution in [-0.2, 0) is 0 Å². The highest BCUT2D eigenvalue weighted by Crippen LogP contribution is 2.33. The van der Waals surface area contributed by atoms with Gasteiger partial charge in [0, 0.05) is 23.5 Å². The highest BCUT2D eigenvalue weighted by atomic mass is 35.5. The fraction of sp³-hybridized carbons (Fsp3) is 0.417. The smallest absolute Gasteiger partial charge is 0.260 e. The maximum Gasteiger partial charge on any atom is 0.260 e. The van der Waals surface area contributed by atoms with Crippen molar-refractivity contribution in [2.24, 2.45) is 0 Å². The molecule has 168 valence electrons. The molecule has 0 spiro atoms. The van der Waals surface area contributed by atoms with Crippen LogP contribution in [0.2, 0.25) is 0 Å². The van der Waals surface area contributed by atoms with Crippen molar-refractivity contribution in [2.75, 3.05) is 36.8 Å². The molecule has 1 amide bonds. The molecular weight excluding hydrogens is 446 g/mol. The zero-order valence-electron chi connectivity index (χ0n) is 19.0. The van der Waals surface area contributed by atoms with Gasteiger partial charge in [0.2, 0.25) is 0 Å². The summed E-state index contributed by atoms with van der Waals surface area (Å²) in [5, 5.41) is 0.780. The van der Waals surface area contributed by atoms with Gasteiger partial charge in [-0.1, -0.05) is 38.2 Å². The van der Waals surface area contributed by atoms with Crippen LogP contribution in [0.15, 0.2) is 41.3 Å². The summed E-state index contributed by atoms with van der Waals surface area (Å²) < 4.78 is 1.16. The first-order valence-electron chi connectivity index (χ1n) is 10.6. The molecular formula is C24H32ClN3OS2. The average molecular weight is 478 g/mol. The molecule has 0 N–H and O–H groups in total. The minimum Gasteiger partial charge on any atom is -0.302 e. The van der Waals surface area contributed by atoms with E-state index in [9.17, 15) is 4.79 Å². The second-order valence-electron chi connectivity index (χ2n) is 7.37. The van der Waals surface area contributed by atoms with E-state index in [2.05, 4.69) is 51.7 Å². The third-order valence-corrected chi connectivity index (χ3v) is 7.36. The standard InChI is InChI=1S/C24H31N3OS2.ClH/c1-6-26(7-2)13-14-27(23(28)19-9-11-20(12-10-19)29-8-3)24-25-21-16-17(4)15-18(5)22(21)30-24;/h9-12,15-16H,6-8,13-14H2,1-5H3;1H. The molecule has 0 radical (unpaired) electrons. The first-order valence-corrected chi connectivity index (χ1v) is 12.4. The number of halogens is 1. The second kappa shape index (κ2) is 11.9. The van der Waals surface area contributed by atoms with Crippen molar-refractivity contribution in [1.82, 2.24) is 9.88 Å². The van der Waals surface area contributed by atoms with Gasteiger partial charge in [-0.15, -0.1) is 24.2 Å². The van der Waals surface area contributed by atoms with Crippen molar-refractivity contribution < 1.29 is 4.79 Å². The fourth-order valence-electron chi connectivity index (χ4n) is 3.56. The Bertz CT molecular complexity index is 1000. The van der Waals surface area contributed by atoms with Crippen LogP contribution in [0.1, 0.15) is 42.3 Å². The van der Waals surface area contributed by atoms with E-state index in [0.717, 1.165) is 40.7 Å². The number of aromatic nitrogens is 1. The van der Waals surface area contributed by atoms with E-state index >= 15 is 0 Å². The molecule has 2 aromatic carbocycles. The number of nitrogens with zero attached hydrogens (tertiary/aromatic N) is 3. The number of thioether (sulfide) groups is 1. The van der Waals surface area contributed by atoms with Crippen LogP contribution >= 0.6 is 35.5 Å². The SMILES string of the molecule is CCSc1ccc(C(=O)N(CCN(CC)CC)c2nc3cc(C)cc(C)c3s2)cc1.Cl. The molecule has 7 heteroatoms. The summed E-state index contributed by atoms with van der Waals surface area (Å²) in [5.74, 6) is 1.04. The zero-order chi connectivity index (χ0) is 21.7. The largest absolute Gasteiger partial charge is 0.302 e. The van der Waals surface area contributed by atoms with Crippen molar-refractivity contribution in [3.05, 3.63) is 53.1 Å². The fourth-order valence-corrected chi connectivity index (χ4v) is 5.26. The van der Waals surface area contributed by atoms with Gasteiger partial charge in [-0.05, 0) is 74.1 Å². The molecule has 0 atom stereocenters. The Morgan fingerprint density at radius 1 is 1.03 bits per heavy atom. The third-order valence-electron chi connectivity index (χ3n) is 5.23. The van der Waals surface area contributed by atoms with E-state index < -0.39 is 0 Å². The number of hydrogen-bond donors (Lipinski definition) is 0. The van der Waals surface area contributed by atoms with Crippen molar-refractivity contribution in [3.63, 3.8) is 0 Å². The zero-order valence-corrected chi connectivity index (χ0v) is 21.4. The number of rotatable bonds is 9. The van der Waals surface area contributed by atoms with Gasteiger partial charge in [0.25, 0.3) is 5.91 Å². The van der Waals surface area contributed by atoms with E-state index in [1.54, 1.807) is 23.1 Å². The maximum atomic E-state index is 13.5. The molecule has 3 rings (SSSR count). The van der Waals surface area contributed by atoms with Gasteiger partial charge in [-0.2, -0.15) is 0 Å². The molecule has 3 aromatic rings. The third kappa shape index (κ3) is 6.22. The van der Waals surface area contributed by atoms with Gasteiger partial charge >= 0.3 is 0 Å². The quantitative estimate of drug-likeness (QED) is 0.332. The Balaban J connectivity index is 0.00000341. The topological polar surface area (TPSA) is 36.4 Å². The summed E-state index contributed by atoms with van der Waals surface area (Å²) in [6.07, 6.45) is 0. The predicted octanol–water partition coefficient (Wildman–Crippen LogP) is 6.44. The lowest BCUT2D eigenvalue weighted by atomic mass is 10.1. The average Bonchev–Trinajstić information content (AvgIpc) is 3.16. The number of fused-ring (bicyclic) bond motifs is 1. The molecule has 1 aromatic heterocycles. The number of anilines is 1. The number of amides is 1. The number of hydrogen-bond acceptors (Lipinski definition) is 5. The minimum atomic E-state index is 0. The first kappa shape index (κ1) is 25.7. The Hall–Kier alpha value is -1.60. The normalized spacial score (nSPS) is 11.0. The maximum absolute atomic E-state index is 13.5. The molecule has 1 heterocycles. The van der Waals surface area contributed by atoms with Crippen LogP contribution in [0.25, 0.3) is 10.2 Å². The van der Waals surface area contributed by atoms with Crippen LogP contribution in [0.4, 0.5) is 5.13 Å². The number of aryl methyl sites for hydroxylation is 2. The van der Waals surface area contributed by atoms with Crippen molar-refractivity contribution >= 4 is 56.8 Å². The molecule has 0 aliphatic heterocycles.